The maximum Gasteiger partial charge on any atom is 0.192 e. The molecule has 1 aromatic heterocycles. The highest BCUT2D eigenvalue weighted by Crippen LogP contribution is 2.41. The van der Waals surface area contributed by atoms with E-state index in [4.69, 9.17) is 0 Å². The minimum absolute atomic E-state index is 0.159. The van der Waals surface area contributed by atoms with E-state index in [0.29, 0.717) is 17.4 Å². The maximum atomic E-state index is 14.2. The van der Waals surface area contributed by atoms with E-state index in [1.54, 1.807) is 23.9 Å². The van der Waals surface area contributed by atoms with Gasteiger partial charge in [-0.1, -0.05) is 68.9 Å². The molecule has 1 aliphatic rings. The van der Waals surface area contributed by atoms with E-state index in [-0.39, 0.29) is 11.2 Å². The number of thioether (sulfide) groups is 1. The molecule has 1 saturated carbocycles. The molecule has 0 amide bonds. The predicted molar refractivity (Wildman–Crippen MR) is 108 cm³/mol. The highest BCUT2D eigenvalue weighted by Gasteiger charge is 2.30. The lowest BCUT2D eigenvalue weighted by Crippen LogP contribution is -2.10. The SMILES string of the molecule is CC(C)(C)c1ccc(CSc2nnc(-c3ccccc3F)n2C2CC2)cc1. The molecule has 0 saturated heterocycles. The summed E-state index contributed by atoms with van der Waals surface area (Å²) in [7, 11) is 0. The first kappa shape index (κ1) is 18.2. The zero-order valence-corrected chi connectivity index (χ0v) is 16.8. The number of hydrogen-bond acceptors (Lipinski definition) is 3. The molecule has 0 bridgehead atoms. The quantitative estimate of drug-likeness (QED) is 0.507. The van der Waals surface area contributed by atoms with E-state index >= 15 is 0 Å². The minimum atomic E-state index is -0.249. The highest BCUT2D eigenvalue weighted by molar-refractivity contribution is 7.98. The van der Waals surface area contributed by atoms with Gasteiger partial charge in [0.2, 0.25) is 0 Å². The van der Waals surface area contributed by atoms with Gasteiger partial charge in [0.1, 0.15) is 5.82 Å². The summed E-state index contributed by atoms with van der Waals surface area (Å²) in [4.78, 5) is 0. The number of nitrogens with zero attached hydrogens (tertiary/aromatic N) is 3. The molecule has 5 heteroatoms. The summed E-state index contributed by atoms with van der Waals surface area (Å²) < 4.78 is 16.4. The van der Waals surface area contributed by atoms with Crippen molar-refractivity contribution < 1.29 is 4.39 Å². The standard InChI is InChI=1S/C22H24FN3S/c1-22(2,3)16-10-8-15(9-11-16)14-27-21-25-24-20(26(21)17-12-13-17)18-6-4-5-7-19(18)23/h4-11,17H,12-14H2,1-3H3. The van der Waals surface area contributed by atoms with Crippen molar-refractivity contribution in [3.8, 4) is 11.4 Å². The first-order chi connectivity index (χ1) is 12.9. The third kappa shape index (κ3) is 3.93. The fraction of sp³-hybridized carbons (Fsp3) is 0.364. The predicted octanol–water partition coefficient (Wildman–Crippen LogP) is 6.01. The number of halogens is 1. The molecule has 0 spiro atoms. The van der Waals surface area contributed by atoms with Gasteiger partial charge in [-0.25, -0.2) is 4.39 Å². The van der Waals surface area contributed by atoms with Crippen molar-refractivity contribution in [2.75, 3.05) is 0 Å². The van der Waals surface area contributed by atoms with Crippen LogP contribution in [0.25, 0.3) is 11.4 Å². The molecule has 2 aromatic carbocycles. The zero-order valence-electron chi connectivity index (χ0n) is 15.9. The van der Waals surface area contributed by atoms with Crippen molar-refractivity contribution in [2.45, 2.75) is 56.0 Å². The summed E-state index contributed by atoms with van der Waals surface area (Å²) in [5.74, 6) is 1.22. The zero-order chi connectivity index (χ0) is 19.0. The Balaban J connectivity index is 1.56. The van der Waals surface area contributed by atoms with Crippen molar-refractivity contribution >= 4 is 11.8 Å². The van der Waals surface area contributed by atoms with Gasteiger partial charge < -0.3 is 0 Å². The summed E-state index contributed by atoms with van der Waals surface area (Å²) in [6.45, 7) is 6.66. The smallest absolute Gasteiger partial charge is 0.192 e. The molecule has 3 aromatic rings. The second-order valence-corrected chi connectivity index (χ2v) is 9.07. The molecular weight excluding hydrogens is 357 g/mol. The van der Waals surface area contributed by atoms with Gasteiger partial charge in [-0.3, -0.25) is 4.57 Å². The molecule has 0 N–H and O–H groups in total. The summed E-state index contributed by atoms with van der Waals surface area (Å²) in [6, 6.07) is 16.0. The van der Waals surface area contributed by atoms with Crippen LogP contribution in [0.3, 0.4) is 0 Å². The van der Waals surface area contributed by atoms with Gasteiger partial charge in [-0.15, -0.1) is 10.2 Å². The van der Waals surface area contributed by atoms with E-state index in [9.17, 15) is 4.39 Å². The lowest BCUT2D eigenvalue weighted by Gasteiger charge is -2.19. The lowest BCUT2D eigenvalue weighted by atomic mass is 9.87. The minimum Gasteiger partial charge on any atom is -0.299 e. The van der Waals surface area contributed by atoms with Crippen molar-refractivity contribution in [3.63, 3.8) is 0 Å². The second-order valence-electron chi connectivity index (χ2n) is 8.12. The highest BCUT2D eigenvalue weighted by atomic mass is 32.2. The van der Waals surface area contributed by atoms with Gasteiger partial charge in [-0.05, 0) is 41.5 Å². The Morgan fingerprint density at radius 1 is 1.04 bits per heavy atom. The van der Waals surface area contributed by atoms with Crippen LogP contribution < -0.4 is 0 Å². The summed E-state index contributed by atoms with van der Waals surface area (Å²) in [6.07, 6.45) is 2.21. The molecule has 0 aliphatic heterocycles. The van der Waals surface area contributed by atoms with E-state index in [1.165, 1.54) is 17.2 Å². The molecule has 1 aliphatic carbocycles. The van der Waals surface area contributed by atoms with Crippen LogP contribution in [-0.2, 0) is 11.2 Å². The van der Waals surface area contributed by atoms with Crippen LogP contribution in [0.4, 0.5) is 4.39 Å². The van der Waals surface area contributed by atoms with Crippen LogP contribution in [0.5, 0.6) is 0 Å². The largest absolute Gasteiger partial charge is 0.299 e. The average Bonchev–Trinajstić information content (AvgIpc) is 3.40. The Bertz CT molecular complexity index is 937. The van der Waals surface area contributed by atoms with Gasteiger partial charge in [-0.2, -0.15) is 0 Å². The number of rotatable bonds is 5. The molecule has 0 unspecified atom stereocenters. The molecule has 27 heavy (non-hydrogen) atoms. The van der Waals surface area contributed by atoms with Crippen LogP contribution >= 0.6 is 11.8 Å². The number of benzene rings is 2. The van der Waals surface area contributed by atoms with Crippen molar-refractivity contribution in [3.05, 3.63) is 65.5 Å². The fourth-order valence-corrected chi connectivity index (χ4v) is 4.07. The van der Waals surface area contributed by atoms with Crippen LogP contribution in [0.1, 0.15) is 50.8 Å². The molecule has 0 atom stereocenters. The van der Waals surface area contributed by atoms with Crippen molar-refractivity contribution in [2.24, 2.45) is 0 Å². The molecule has 1 heterocycles. The van der Waals surface area contributed by atoms with Crippen LogP contribution in [-0.4, -0.2) is 14.8 Å². The Labute approximate surface area is 164 Å². The van der Waals surface area contributed by atoms with Gasteiger partial charge in [0.05, 0.1) is 5.56 Å². The maximum absolute atomic E-state index is 14.2. The number of aromatic nitrogens is 3. The van der Waals surface area contributed by atoms with Crippen LogP contribution in [0, 0.1) is 5.82 Å². The first-order valence-corrected chi connectivity index (χ1v) is 10.3. The third-order valence-corrected chi connectivity index (χ3v) is 5.89. The summed E-state index contributed by atoms with van der Waals surface area (Å²) in [5.41, 5.74) is 3.27. The molecule has 4 rings (SSSR count). The van der Waals surface area contributed by atoms with Gasteiger partial charge in [0.25, 0.3) is 0 Å². The Morgan fingerprint density at radius 2 is 1.74 bits per heavy atom. The molecule has 3 nitrogen and oxygen atoms in total. The Morgan fingerprint density at radius 3 is 2.37 bits per heavy atom. The first-order valence-electron chi connectivity index (χ1n) is 9.35. The lowest BCUT2D eigenvalue weighted by molar-refractivity contribution is 0.590. The normalized spacial score (nSPS) is 14.5. The second kappa shape index (κ2) is 7.12. The van der Waals surface area contributed by atoms with E-state index < -0.39 is 0 Å². The van der Waals surface area contributed by atoms with Crippen LogP contribution in [0.2, 0.25) is 0 Å². The topological polar surface area (TPSA) is 30.7 Å². The van der Waals surface area contributed by atoms with Gasteiger partial charge >= 0.3 is 0 Å². The monoisotopic (exact) mass is 381 g/mol. The Kier molecular flexibility index (Phi) is 4.81. The summed E-state index contributed by atoms with van der Waals surface area (Å²) in [5, 5.41) is 9.57. The molecular formula is C22H24FN3S. The summed E-state index contributed by atoms with van der Waals surface area (Å²) >= 11 is 1.67. The molecule has 0 radical (unpaired) electrons. The van der Waals surface area contributed by atoms with Crippen LogP contribution in [0.15, 0.2) is 53.7 Å². The molecule has 140 valence electrons. The van der Waals surface area contributed by atoms with Gasteiger partial charge in [0.15, 0.2) is 11.0 Å². The van der Waals surface area contributed by atoms with E-state index in [2.05, 4.69) is 59.8 Å². The molecule has 1 fully saturated rings. The van der Waals surface area contributed by atoms with E-state index in [1.807, 2.05) is 6.07 Å². The number of hydrogen-bond donors (Lipinski definition) is 0. The van der Waals surface area contributed by atoms with Gasteiger partial charge in [0, 0.05) is 11.8 Å². The Hall–Kier alpha value is -2.14. The van der Waals surface area contributed by atoms with Crippen molar-refractivity contribution in [1.82, 2.24) is 14.8 Å². The van der Waals surface area contributed by atoms with Crippen molar-refractivity contribution in [1.29, 1.82) is 0 Å². The van der Waals surface area contributed by atoms with E-state index in [0.717, 1.165) is 23.8 Å². The fourth-order valence-electron chi connectivity index (χ4n) is 3.11. The average molecular weight is 382 g/mol. The third-order valence-electron chi connectivity index (χ3n) is 4.88.